The van der Waals surface area contributed by atoms with E-state index in [-0.39, 0.29) is 11.2 Å². The summed E-state index contributed by atoms with van der Waals surface area (Å²) in [7, 11) is 3.49. The van der Waals surface area contributed by atoms with Crippen molar-refractivity contribution in [3.63, 3.8) is 0 Å². The number of hydrogen-bond donors (Lipinski definition) is 0. The van der Waals surface area contributed by atoms with Crippen molar-refractivity contribution in [1.82, 2.24) is 4.90 Å². The maximum atomic E-state index is 12.5. The van der Waals surface area contributed by atoms with Crippen LogP contribution in [0.1, 0.15) is 12.5 Å². The summed E-state index contributed by atoms with van der Waals surface area (Å²) in [5, 5.41) is -0.106. The minimum absolute atomic E-state index is 0.106. The fraction of sp³-hybridized carbons (Fsp3) is 0.278. The molecule has 3 nitrogen and oxygen atoms in total. The molecule has 0 spiro atoms. The molecule has 1 atom stereocenters. The van der Waals surface area contributed by atoms with Crippen LogP contribution in [0, 0.1) is 0 Å². The van der Waals surface area contributed by atoms with E-state index in [0.29, 0.717) is 6.54 Å². The summed E-state index contributed by atoms with van der Waals surface area (Å²) in [4.78, 5) is 15.3. The summed E-state index contributed by atoms with van der Waals surface area (Å²) in [6.07, 6.45) is 0. The van der Waals surface area contributed by atoms with Crippen molar-refractivity contribution < 1.29 is 9.53 Å². The largest absolute Gasteiger partial charge is 0.497 e. The lowest BCUT2D eigenvalue weighted by Gasteiger charge is -2.21. The molecule has 0 aromatic heterocycles. The Hall–Kier alpha value is -1.94. The summed E-state index contributed by atoms with van der Waals surface area (Å²) < 4.78 is 5.14. The molecule has 0 fully saturated rings. The van der Waals surface area contributed by atoms with Crippen LogP contribution < -0.4 is 4.74 Å². The van der Waals surface area contributed by atoms with E-state index in [2.05, 4.69) is 0 Å². The van der Waals surface area contributed by atoms with Gasteiger partial charge in [0.2, 0.25) is 5.91 Å². The van der Waals surface area contributed by atoms with Crippen molar-refractivity contribution in [3.8, 4) is 5.75 Å². The van der Waals surface area contributed by atoms with Crippen molar-refractivity contribution in [2.75, 3.05) is 14.2 Å². The minimum Gasteiger partial charge on any atom is -0.497 e. The van der Waals surface area contributed by atoms with Crippen LogP contribution in [0.2, 0.25) is 0 Å². The zero-order valence-electron chi connectivity index (χ0n) is 13.2. The molecule has 0 N–H and O–H groups in total. The molecule has 2 aromatic carbocycles. The molecule has 0 heterocycles. The third-order valence-electron chi connectivity index (χ3n) is 3.36. The standard InChI is InChI=1S/C18H21NO2S/c1-14(22-17-7-5-4-6-8-17)18(20)19(2)13-15-9-11-16(21-3)12-10-15/h4-12,14H,13H2,1-3H3/t14-/m0/s1. The second-order valence-corrected chi connectivity index (χ2v) is 6.53. The fourth-order valence-electron chi connectivity index (χ4n) is 2.15. The van der Waals surface area contributed by atoms with Crippen LogP contribution in [0.4, 0.5) is 0 Å². The molecule has 2 rings (SSSR count). The number of hydrogen-bond acceptors (Lipinski definition) is 3. The summed E-state index contributed by atoms with van der Waals surface area (Å²) >= 11 is 1.59. The first-order chi connectivity index (χ1) is 10.6. The van der Waals surface area contributed by atoms with Crippen molar-refractivity contribution in [2.24, 2.45) is 0 Å². The maximum Gasteiger partial charge on any atom is 0.235 e. The second kappa shape index (κ2) is 7.90. The quantitative estimate of drug-likeness (QED) is 0.759. The van der Waals surface area contributed by atoms with Gasteiger partial charge in [-0.15, -0.1) is 11.8 Å². The molecule has 0 radical (unpaired) electrons. The van der Waals surface area contributed by atoms with Crippen molar-refractivity contribution >= 4 is 17.7 Å². The highest BCUT2D eigenvalue weighted by molar-refractivity contribution is 8.00. The zero-order chi connectivity index (χ0) is 15.9. The summed E-state index contributed by atoms with van der Waals surface area (Å²) in [5.74, 6) is 0.954. The van der Waals surface area contributed by atoms with Gasteiger partial charge in [-0.2, -0.15) is 0 Å². The Morgan fingerprint density at radius 3 is 2.36 bits per heavy atom. The number of nitrogens with zero attached hydrogens (tertiary/aromatic N) is 1. The van der Waals surface area contributed by atoms with Gasteiger partial charge in [0.1, 0.15) is 5.75 Å². The van der Waals surface area contributed by atoms with E-state index in [0.717, 1.165) is 16.2 Å². The highest BCUT2D eigenvalue weighted by Gasteiger charge is 2.18. The van der Waals surface area contributed by atoms with E-state index in [1.54, 1.807) is 23.8 Å². The minimum atomic E-state index is -0.106. The van der Waals surface area contributed by atoms with Crippen LogP contribution in [0.15, 0.2) is 59.5 Å². The van der Waals surface area contributed by atoms with Crippen molar-refractivity contribution in [1.29, 1.82) is 0 Å². The summed E-state index contributed by atoms with van der Waals surface area (Å²) in [5.41, 5.74) is 1.09. The Morgan fingerprint density at radius 1 is 1.14 bits per heavy atom. The van der Waals surface area contributed by atoms with E-state index in [1.807, 2.05) is 68.6 Å². The Kier molecular flexibility index (Phi) is 5.90. The highest BCUT2D eigenvalue weighted by atomic mass is 32.2. The van der Waals surface area contributed by atoms with Gasteiger partial charge in [0, 0.05) is 18.5 Å². The molecule has 0 bridgehead atoms. The van der Waals surface area contributed by atoms with Gasteiger partial charge in [0.25, 0.3) is 0 Å². The van der Waals surface area contributed by atoms with E-state index in [9.17, 15) is 4.79 Å². The molecule has 2 aromatic rings. The lowest BCUT2D eigenvalue weighted by atomic mass is 10.2. The van der Waals surface area contributed by atoms with Crippen molar-refractivity contribution in [3.05, 3.63) is 60.2 Å². The first-order valence-corrected chi connectivity index (χ1v) is 8.07. The number of methoxy groups -OCH3 is 1. The van der Waals surface area contributed by atoms with Crippen LogP contribution in [0.5, 0.6) is 5.75 Å². The Labute approximate surface area is 136 Å². The average Bonchev–Trinajstić information content (AvgIpc) is 2.55. The molecule has 0 aliphatic rings. The monoisotopic (exact) mass is 315 g/mol. The molecule has 116 valence electrons. The van der Waals surface area contributed by atoms with Crippen LogP contribution in [-0.2, 0) is 11.3 Å². The topological polar surface area (TPSA) is 29.5 Å². The Balaban J connectivity index is 1.93. The summed E-state index contributed by atoms with van der Waals surface area (Å²) in [6, 6.07) is 17.8. The van der Waals surface area contributed by atoms with Crippen LogP contribution in [-0.4, -0.2) is 30.2 Å². The predicted molar refractivity (Wildman–Crippen MR) is 91.2 cm³/mol. The summed E-state index contributed by atoms with van der Waals surface area (Å²) in [6.45, 7) is 2.55. The molecule has 0 aliphatic carbocycles. The van der Waals surface area contributed by atoms with E-state index in [1.165, 1.54) is 0 Å². The van der Waals surface area contributed by atoms with Crippen LogP contribution >= 0.6 is 11.8 Å². The zero-order valence-corrected chi connectivity index (χ0v) is 14.0. The first kappa shape index (κ1) is 16.4. The van der Waals surface area contributed by atoms with Gasteiger partial charge >= 0.3 is 0 Å². The SMILES string of the molecule is COc1ccc(CN(C)C(=O)[C@H](C)Sc2ccccc2)cc1. The molecule has 0 aliphatic heterocycles. The lowest BCUT2D eigenvalue weighted by Crippen LogP contribution is -2.32. The average molecular weight is 315 g/mol. The van der Waals surface area contributed by atoms with Crippen LogP contribution in [0.3, 0.4) is 0 Å². The molecule has 4 heteroatoms. The van der Waals surface area contributed by atoms with Gasteiger partial charge in [0.15, 0.2) is 0 Å². The molecule has 0 saturated carbocycles. The van der Waals surface area contributed by atoms with Crippen LogP contribution in [0.25, 0.3) is 0 Å². The van der Waals surface area contributed by atoms with E-state index < -0.39 is 0 Å². The van der Waals surface area contributed by atoms with Crippen molar-refractivity contribution in [2.45, 2.75) is 23.6 Å². The molecular formula is C18H21NO2S. The predicted octanol–water partition coefficient (Wildman–Crippen LogP) is 3.83. The number of rotatable bonds is 6. The molecule has 0 unspecified atom stereocenters. The molecular weight excluding hydrogens is 294 g/mol. The third kappa shape index (κ3) is 4.53. The smallest absolute Gasteiger partial charge is 0.235 e. The van der Waals surface area contributed by atoms with Gasteiger partial charge in [0.05, 0.1) is 12.4 Å². The van der Waals surface area contributed by atoms with E-state index >= 15 is 0 Å². The Morgan fingerprint density at radius 2 is 1.77 bits per heavy atom. The molecule has 22 heavy (non-hydrogen) atoms. The highest BCUT2D eigenvalue weighted by Crippen LogP contribution is 2.24. The number of ether oxygens (including phenoxy) is 1. The van der Waals surface area contributed by atoms with Gasteiger partial charge in [-0.1, -0.05) is 30.3 Å². The second-order valence-electron chi connectivity index (χ2n) is 5.12. The fourth-order valence-corrected chi connectivity index (χ4v) is 3.15. The lowest BCUT2D eigenvalue weighted by molar-refractivity contribution is -0.129. The molecule has 0 saturated heterocycles. The normalized spacial score (nSPS) is 11.8. The number of carbonyl (C=O) groups is 1. The van der Waals surface area contributed by atoms with Gasteiger partial charge in [-0.25, -0.2) is 0 Å². The number of thioether (sulfide) groups is 1. The Bertz CT molecular complexity index is 598. The number of benzene rings is 2. The van der Waals surface area contributed by atoms with Gasteiger partial charge in [-0.3, -0.25) is 4.79 Å². The van der Waals surface area contributed by atoms with E-state index in [4.69, 9.17) is 4.74 Å². The molecule has 1 amide bonds. The maximum absolute atomic E-state index is 12.5. The number of amides is 1. The van der Waals surface area contributed by atoms with Gasteiger partial charge in [-0.05, 0) is 36.8 Å². The first-order valence-electron chi connectivity index (χ1n) is 7.20. The van der Waals surface area contributed by atoms with Gasteiger partial charge < -0.3 is 9.64 Å². The third-order valence-corrected chi connectivity index (χ3v) is 4.46. The number of carbonyl (C=O) groups excluding carboxylic acids is 1.